The first-order valence-electron chi connectivity index (χ1n) is 22.8. The van der Waals surface area contributed by atoms with Gasteiger partial charge in [-0.25, -0.2) is 9.36 Å². The lowest BCUT2D eigenvalue weighted by Crippen LogP contribution is -2.22. The number of ketones is 1. The zero-order chi connectivity index (χ0) is 46.5. The molecule has 8 nitrogen and oxygen atoms in total. The Bertz CT molecular complexity index is 2860. The van der Waals surface area contributed by atoms with Crippen molar-refractivity contribution in [3.8, 4) is 0 Å². The van der Waals surface area contributed by atoms with E-state index in [1.165, 1.54) is 0 Å². The largest absolute Gasteiger partial charge is 0.384 e. The SMILES string of the molecule is C[Si](C)(C)CCOCn1nc(/C=C/c2ccccc2)c2ccc(C(=O)c3ccccc3)cc21.C[Si](C)(C)CCOCn1nc(/C=C/c2ccccc2)c2ccc(C(O)c3ccccc3)cc21. The smallest absolute Gasteiger partial charge is 0.193 e. The molecule has 0 saturated carbocycles. The van der Waals surface area contributed by atoms with Gasteiger partial charge in [0, 0.05) is 51.3 Å². The Balaban J connectivity index is 0.000000196. The summed E-state index contributed by atoms with van der Waals surface area (Å²) in [6, 6.07) is 53.6. The Kier molecular flexibility index (Phi) is 16.1. The first-order chi connectivity index (χ1) is 31.8. The predicted molar refractivity (Wildman–Crippen MR) is 279 cm³/mol. The fourth-order valence-corrected chi connectivity index (χ4v) is 8.81. The number of aliphatic hydroxyl groups excluding tert-OH is 1. The van der Waals surface area contributed by atoms with Gasteiger partial charge in [-0.2, -0.15) is 10.2 Å². The van der Waals surface area contributed by atoms with Crippen molar-refractivity contribution in [3.63, 3.8) is 0 Å². The molecular formula is C56H62N4O4Si2. The summed E-state index contributed by atoms with van der Waals surface area (Å²) in [5.74, 6) is 0.00581. The van der Waals surface area contributed by atoms with E-state index in [0.717, 1.165) is 80.7 Å². The molecule has 1 N–H and O–H groups in total. The number of benzene rings is 6. The average molecular weight is 911 g/mol. The molecule has 0 amide bonds. The number of fused-ring (bicyclic) bond motifs is 2. The van der Waals surface area contributed by atoms with Crippen LogP contribution in [-0.2, 0) is 22.9 Å². The summed E-state index contributed by atoms with van der Waals surface area (Å²) < 4.78 is 15.8. The van der Waals surface area contributed by atoms with Gasteiger partial charge >= 0.3 is 0 Å². The van der Waals surface area contributed by atoms with Crippen LogP contribution >= 0.6 is 0 Å². The first-order valence-corrected chi connectivity index (χ1v) is 30.2. The summed E-state index contributed by atoms with van der Waals surface area (Å²) in [6.45, 7) is 16.3. The van der Waals surface area contributed by atoms with Crippen LogP contribution in [-0.4, -0.2) is 59.8 Å². The molecule has 0 aliphatic rings. The zero-order valence-electron chi connectivity index (χ0n) is 39.1. The predicted octanol–water partition coefficient (Wildman–Crippen LogP) is 13.4. The number of carbonyl (C=O) groups is 1. The van der Waals surface area contributed by atoms with Gasteiger partial charge in [0.1, 0.15) is 19.6 Å². The standard InChI is InChI=1S/C28H32N2O2Si.C28H30N2O2Si/c2*1-33(2,3)19-18-32-21-30-27-20-24(28(31)23-12-8-5-9-13-23)15-16-25(27)26(29-30)17-14-22-10-6-4-7-11-22/h4-17,20,28,31H,18-19,21H2,1-3H3;4-17,20H,18-19,21H2,1-3H3/b2*17-14+. The van der Waals surface area contributed by atoms with Gasteiger partial charge in [0.15, 0.2) is 5.78 Å². The lowest BCUT2D eigenvalue weighted by atomic mass is 10.00. The van der Waals surface area contributed by atoms with E-state index >= 15 is 0 Å². The van der Waals surface area contributed by atoms with Crippen molar-refractivity contribution in [1.82, 2.24) is 19.6 Å². The van der Waals surface area contributed by atoms with Gasteiger partial charge in [-0.05, 0) is 64.7 Å². The molecule has 10 heteroatoms. The molecule has 0 spiro atoms. The van der Waals surface area contributed by atoms with Crippen LogP contribution in [0.4, 0.5) is 0 Å². The molecule has 1 atom stereocenters. The molecule has 0 aliphatic carbocycles. The molecule has 338 valence electrons. The van der Waals surface area contributed by atoms with E-state index in [9.17, 15) is 9.90 Å². The number of ether oxygens (including phenoxy) is 2. The van der Waals surface area contributed by atoms with Crippen LogP contribution in [0.2, 0.25) is 51.4 Å². The van der Waals surface area contributed by atoms with Gasteiger partial charge in [-0.15, -0.1) is 0 Å². The van der Waals surface area contributed by atoms with Crippen LogP contribution in [0.15, 0.2) is 158 Å². The molecule has 0 radical (unpaired) electrons. The number of hydrogen-bond acceptors (Lipinski definition) is 6. The quantitative estimate of drug-likeness (QED) is 0.0524. The van der Waals surface area contributed by atoms with Crippen molar-refractivity contribution in [2.75, 3.05) is 13.2 Å². The van der Waals surface area contributed by atoms with Gasteiger partial charge in [-0.3, -0.25) is 4.79 Å². The second-order valence-electron chi connectivity index (χ2n) is 19.0. The van der Waals surface area contributed by atoms with E-state index in [0.29, 0.717) is 24.6 Å². The van der Waals surface area contributed by atoms with Crippen molar-refractivity contribution in [2.45, 2.75) is 70.9 Å². The van der Waals surface area contributed by atoms with E-state index < -0.39 is 22.3 Å². The zero-order valence-corrected chi connectivity index (χ0v) is 41.1. The number of nitrogens with zero attached hydrogens (tertiary/aromatic N) is 4. The fourth-order valence-electron chi connectivity index (χ4n) is 7.29. The highest BCUT2D eigenvalue weighted by Crippen LogP contribution is 2.29. The summed E-state index contributed by atoms with van der Waals surface area (Å²) in [5, 5.41) is 22.6. The summed E-state index contributed by atoms with van der Waals surface area (Å²) in [6.07, 6.45) is 7.51. The third kappa shape index (κ3) is 13.4. The molecule has 8 rings (SSSR count). The lowest BCUT2D eigenvalue weighted by Gasteiger charge is -2.15. The summed E-state index contributed by atoms with van der Waals surface area (Å²) in [7, 11) is -2.32. The molecule has 2 aromatic heterocycles. The van der Waals surface area contributed by atoms with Crippen molar-refractivity contribution in [3.05, 3.63) is 202 Å². The molecule has 0 fully saturated rings. The van der Waals surface area contributed by atoms with Crippen molar-refractivity contribution in [1.29, 1.82) is 0 Å². The van der Waals surface area contributed by atoms with Gasteiger partial charge in [0.2, 0.25) is 0 Å². The van der Waals surface area contributed by atoms with Crippen LogP contribution in [0.3, 0.4) is 0 Å². The molecule has 0 aliphatic heterocycles. The monoisotopic (exact) mass is 910 g/mol. The van der Waals surface area contributed by atoms with E-state index in [-0.39, 0.29) is 5.78 Å². The highest BCUT2D eigenvalue weighted by Gasteiger charge is 2.18. The molecule has 8 aromatic rings. The van der Waals surface area contributed by atoms with Gasteiger partial charge in [0.25, 0.3) is 0 Å². The number of aliphatic hydroxyl groups is 1. The van der Waals surface area contributed by atoms with E-state index in [4.69, 9.17) is 19.7 Å². The van der Waals surface area contributed by atoms with Crippen molar-refractivity contribution in [2.24, 2.45) is 0 Å². The molecule has 2 heterocycles. The number of hydrogen-bond donors (Lipinski definition) is 1. The molecule has 1 unspecified atom stereocenters. The Labute approximate surface area is 391 Å². The maximum absolute atomic E-state index is 13.0. The first kappa shape index (κ1) is 47.7. The van der Waals surface area contributed by atoms with Gasteiger partial charge in [-0.1, -0.05) is 191 Å². The van der Waals surface area contributed by atoms with Crippen LogP contribution < -0.4 is 0 Å². The topological polar surface area (TPSA) is 91.4 Å². The molecule has 0 saturated heterocycles. The Morgan fingerprint density at radius 2 is 0.970 bits per heavy atom. The molecule has 0 bridgehead atoms. The van der Waals surface area contributed by atoms with Crippen LogP contribution in [0.25, 0.3) is 46.1 Å². The number of aromatic nitrogens is 4. The summed E-state index contributed by atoms with van der Waals surface area (Å²) in [5.41, 5.74) is 8.90. The van der Waals surface area contributed by atoms with E-state index in [1.807, 2.05) is 155 Å². The lowest BCUT2D eigenvalue weighted by molar-refractivity contribution is 0.0815. The number of carbonyl (C=O) groups excluding carboxylic acids is 1. The second-order valence-corrected chi connectivity index (χ2v) is 30.2. The number of rotatable bonds is 18. The summed E-state index contributed by atoms with van der Waals surface area (Å²) >= 11 is 0. The summed E-state index contributed by atoms with van der Waals surface area (Å²) in [4.78, 5) is 13.0. The average Bonchev–Trinajstić information content (AvgIpc) is 3.87. The molecular weight excluding hydrogens is 849 g/mol. The van der Waals surface area contributed by atoms with Crippen LogP contribution in [0.5, 0.6) is 0 Å². The van der Waals surface area contributed by atoms with E-state index in [2.05, 4.69) is 75.7 Å². The Morgan fingerprint density at radius 3 is 1.45 bits per heavy atom. The normalized spacial score (nSPS) is 12.5. The minimum absolute atomic E-state index is 0.00581. The van der Waals surface area contributed by atoms with Gasteiger partial charge in [0.05, 0.1) is 22.4 Å². The minimum Gasteiger partial charge on any atom is -0.384 e. The van der Waals surface area contributed by atoms with Crippen molar-refractivity contribution >= 4 is 68.0 Å². The third-order valence-corrected chi connectivity index (χ3v) is 14.6. The van der Waals surface area contributed by atoms with Gasteiger partial charge < -0.3 is 14.6 Å². The van der Waals surface area contributed by atoms with Crippen LogP contribution in [0, 0.1) is 0 Å². The van der Waals surface area contributed by atoms with E-state index in [1.54, 1.807) is 0 Å². The highest BCUT2D eigenvalue weighted by molar-refractivity contribution is 6.76. The molecule has 66 heavy (non-hydrogen) atoms. The molecule has 6 aromatic carbocycles. The fraction of sp³-hybridized carbons (Fsp3) is 0.232. The maximum Gasteiger partial charge on any atom is 0.193 e. The highest BCUT2D eigenvalue weighted by atomic mass is 28.3. The van der Waals surface area contributed by atoms with Crippen LogP contribution in [0.1, 0.15) is 55.7 Å². The maximum atomic E-state index is 13.0. The van der Waals surface area contributed by atoms with Crippen molar-refractivity contribution < 1.29 is 19.4 Å². The Hall–Kier alpha value is -6.28. The second kappa shape index (κ2) is 22.3. The Morgan fingerprint density at radius 1 is 0.530 bits per heavy atom. The minimum atomic E-state index is -1.17. The third-order valence-electron chi connectivity index (χ3n) is 11.2.